The van der Waals surface area contributed by atoms with Gasteiger partial charge < -0.3 is 10.2 Å². The monoisotopic (exact) mass is 223 g/mol. The van der Waals surface area contributed by atoms with Gasteiger partial charge in [-0.05, 0) is 13.8 Å². The van der Waals surface area contributed by atoms with E-state index in [1.54, 1.807) is 0 Å². The highest BCUT2D eigenvalue weighted by Crippen LogP contribution is 2.24. The smallest absolute Gasteiger partial charge is 0.257 e. The van der Waals surface area contributed by atoms with Gasteiger partial charge in [0.05, 0.1) is 5.57 Å². The number of rotatable bonds is 1. The van der Waals surface area contributed by atoms with Crippen LogP contribution in [0.3, 0.4) is 0 Å². The molecule has 1 unspecified atom stereocenters. The van der Waals surface area contributed by atoms with Crippen molar-refractivity contribution in [3.05, 3.63) is 11.4 Å². The van der Waals surface area contributed by atoms with Crippen LogP contribution in [0.25, 0.3) is 0 Å². The number of hydrogen-bond acceptors (Lipinski definition) is 5. The fourth-order valence-corrected chi connectivity index (χ4v) is 2.46. The van der Waals surface area contributed by atoms with E-state index in [4.69, 9.17) is 0 Å². The molecular weight excluding hydrogens is 206 g/mol. The second-order valence-corrected chi connectivity index (χ2v) is 4.63. The lowest BCUT2D eigenvalue weighted by Crippen LogP contribution is -2.56. The van der Waals surface area contributed by atoms with Gasteiger partial charge in [-0.3, -0.25) is 15.1 Å². The molecule has 0 bridgehead atoms. The van der Waals surface area contributed by atoms with E-state index in [1.807, 2.05) is 9.91 Å². The number of nitrogens with one attached hydrogen (secondary N) is 3. The fourth-order valence-electron chi connectivity index (χ4n) is 2.46. The molecule has 0 aromatic carbocycles. The minimum absolute atomic E-state index is 0.0348. The van der Waals surface area contributed by atoms with E-state index < -0.39 is 0 Å². The summed E-state index contributed by atoms with van der Waals surface area (Å²) >= 11 is 0. The van der Waals surface area contributed by atoms with E-state index in [9.17, 15) is 4.79 Å². The van der Waals surface area contributed by atoms with Crippen LogP contribution in [0.4, 0.5) is 0 Å². The predicted octanol–water partition coefficient (Wildman–Crippen LogP) is -1.25. The molecule has 0 spiro atoms. The second-order valence-electron chi connectivity index (χ2n) is 4.63. The average Bonchev–Trinajstić information content (AvgIpc) is 2.83. The average molecular weight is 223 g/mol. The van der Waals surface area contributed by atoms with E-state index in [0.29, 0.717) is 12.6 Å². The summed E-state index contributed by atoms with van der Waals surface area (Å²) in [5.74, 6) is 1.09. The molecular formula is C10H17N5O. The van der Waals surface area contributed by atoms with Crippen molar-refractivity contribution in [2.45, 2.75) is 26.2 Å². The Morgan fingerprint density at radius 3 is 3.00 bits per heavy atom. The van der Waals surface area contributed by atoms with Crippen LogP contribution in [-0.4, -0.2) is 47.8 Å². The van der Waals surface area contributed by atoms with E-state index >= 15 is 0 Å². The van der Waals surface area contributed by atoms with Crippen molar-refractivity contribution in [1.29, 1.82) is 0 Å². The van der Waals surface area contributed by atoms with Crippen molar-refractivity contribution in [1.82, 2.24) is 26.0 Å². The van der Waals surface area contributed by atoms with Crippen LogP contribution in [-0.2, 0) is 4.79 Å². The zero-order chi connectivity index (χ0) is 11.3. The zero-order valence-electron chi connectivity index (χ0n) is 9.58. The minimum atomic E-state index is -0.0348. The first kappa shape index (κ1) is 9.92. The molecule has 1 amide bonds. The lowest BCUT2D eigenvalue weighted by atomic mass is 10.2. The third-order valence-corrected chi connectivity index (χ3v) is 3.26. The van der Waals surface area contributed by atoms with Gasteiger partial charge in [0.15, 0.2) is 6.29 Å². The molecule has 0 radical (unpaired) electrons. The van der Waals surface area contributed by atoms with Crippen LogP contribution in [0.2, 0.25) is 0 Å². The topological polar surface area (TPSA) is 59.6 Å². The molecule has 3 N–H and O–H groups in total. The quantitative estimate of drug-likeness (QED) is 0.518. The highest BCUT2D eigenvalue weighted by atomic mass is 16.2. The zero-order valence-corrected chi connectivity index (χ0v) is 9.58. The maximum Gasteiger partial charge on any atom is 0.257 e. The summed E-state index contributed by atoms with van der Waals surface area (Å²) < 4.78 is 0. The largest absolute Gasteiger partial charge is 0.338 e. The van der Waals surface area contributed by atoms with Crippen molar-refractivity contribution in [3.8, 4) is 0 Å². The SMILES string of the molecule is CC(C)N1NCC2=C1NC1NCCN1C2=O. The lowest BCUT2D eigenvalue weighted by molar-refractivity contribution is -0.129. The van der Waals surface area contributed by atoms with Gasteiger partial charge in [0.2, 0.25) is 0 Å². The number of nitrogens with zero attached hydrogens (tertiary/aromatic N) is 2. The fraction of sp³-hybridized carbons (Fsp3) is 0.700. The lowest BCUT2D eigenvalue weighted by Gasteiger charge is -2.35. The van der Waals surface area contributed by atoms with Gasteiger partial charge in [0.25, 0.3) is 5.91 Å². The molecule has 3 aliphatic heterocycles. The van der Waals surface area contributed by atoms with Crippen molar-refractivity contribution in [2.75, 3.05) is 19.6 Å². The van der Waals surface area contributed by atoms with Crippen molar-refractivity contribution >= 4 is 5.91 Å². The molecule has 16 heavy (non-hydrogen) atoms. The highest BCUT2D eigenvalue weighted by molar-refractivity contribution is 5.96. The highest BCUT2D eigenvalue weighted by Gasteiger charge is 2.41. The molecule has 0 saturated carbocycles. The number of hydrogen-bond donors (Lipinski definition) is 3. The van der Waals surface area contributed by atoms with Gasteiger partial charge in [0, 0.05) is 25.7 Å². The van der Waals surface area contributed by atoms with Crippen LogP contribution in [0.15, 0.2) is 11.4 Å². The molecule has 3 aliphatic rings. The molecule has 88 valence electrons. The number of carbonyl (C=O) groups excluding carboxylic acids is 1. The normalized spacial score (nSPS) is 28.7. The van der Waals surface area contributed by atoms with E-state index in [2.05, 4.69) is 29.9 Å². The number of fused-ring (bicyclic) bond motifs is 1. The Kier molecular flexibility index (Phi) is 2.08. The maximum atomic E-state index is 12.2. The summed E-state index contributed by atoms with van der Waals surface area (Å²) in [6.07, 6.45) is -0.0348. The molecule has 3 rings (SSSR count). The minimum Gasteiger partial charge on any atom is -0.338 e. The van der Waals surface area contributed by atoms with Gasteiger partial charge in [0.1, 0.15) is 5.82 Å². The van der Waals surface area contributed by atoms with Crippen LogP contribution >= 0.6 is 0 Å². The summed E-state index contributed by atoms with van der Waals surface area (Å²) in [5, 5.41) is 8.67. The van der Waals surface area contributed by atoms with Gasteiger partial charge in [-0.1, -0.05) is 0 Å². The molecule has 6 nitrogen and oxygen atoms in total. The van der Waals surface area contributed by atoms with Gasteiger partial charge in [-0.15, -0.1) is 0 Å². The summed E-state index contributed by atoms with van der Waals surface area (Å²) in [7, 11) is 0. The number of carbonyl (C=O) groups is 1. The Bertz CT molecular complexity index is 364. The first-order valence-corrected chi connectivity index (χ1v) is 5.75. The Morgan fingerprint density at radius 1 is 1.44 bits per heavy atom. The number of hydrazine groups is 1. The molecule has 3 heterocycles. The molecule has 0 aliphatic carbocycles. The molecule has 1 saturated heterocycles. The standard InChI is InChI=1S/C10H17N5O/c1-6(2)15-8-7(5-12-15)9(16)14-4-3-11-10(14)13-8/h6,10-13H,3-5H2,1-2H3. The van der Waals surface area contributed by atoms with E-state index in [0.717, 1.165) is 24.5 Å². The predicted molar refractivity (Wildman–Crippen MR) is 58.6 cm³/mol. The van der Waals surface area contributed by atoms with Crippen LogP contribution in [0, 0.1) is 0 Å². The van der Waals surface area contributed by atoms with Crippen molar-refractivity contribution < 1.29 is 4.79 Å². The van der Waals surface area contributed by atoms with Crippen molar-refractivity contribution in [3.63, 3.8) is 0 Å². The van der Waals surface area contributed by atoms with Gasteiger partial charge in [-0.2, -0.15) is 0 Å². The molecule has 0 aromatic rings. The Morgan fingerprint density at radius 2 is 2.25 bits per heavy atom. The maximum absolute atomic E-state index is 12.2. The van der Waals surface area contributed by atoms with Crippen molar-refractivity contribution in [2.24, 2.45) is 0 Å². The molecule has 1 fully saturated rings. The second kappa shape index (κ2) is 3.36. The molecule has 0 aromatic heterocycles. The Balaban J connectivity index is 1.93. The summed E-state index contributed by atoms with van der Waals surface area (Å²) in [6.45, 7) is 6.48. The van der Waals surface area contributed by atoms with Gasteiger partial charge in [-0.25, -0.2) is 5.43 Å². The third-order valence-electron chi connectivity index (χ3n) is 3.26. The third kappa shape index (κ3) is 1.23. The van der Waals surface area contributed by atoms with E-state index in [-0.39, 0.29) is 12.2 Å². The van der Waals surface area contributed by atoms with Crippen LogP contribution < -0.4 is 16.1 Å². The van der Waals surface area contributed by atoms with Gasteiger partial charge >= 0.3 is 0 Å². The Labute approximate surface area is 94.6 Å². The molecule has 6 heteroatoms. The Hall–Kier alpha value is -1.27. The summed E-state index contributed by atoms with van der Waals surface area (Å²) in [5.41, 5.74) is 4.09. The summed E-state index contributed by atoms with van der Waals surface area (Å²) in [6, 6.07) is 0.334. The van der Waals surface area contributed by atoms with Crippen LogP contribution in [0.5, 0.6) is 0 Å². The van der Waals surface area contributed by atoms with E-state index in [1.165, 1.54) is 0 Å². The molecule has 1 atom stereocenters. The first-order chi connectivity index (χ1) is 7.68. The van der Waals surface area contributed by atoms with Crippen LogP contribution in [0.1, 0.15) is 13.8 Å². The first-order valence-electron chi connectivity index (χ1n) is 5.75. The summed E-state index contributed by atoms with van der Waals surface area (Å²) in [4.78, 5) is 14.0. The number of amides is 1.